The first kappa shape index (κ1) is 17.0. The van der Waals surface area contributed by atoms with Crippen LogP contribution < -0.4 is 14.8 Å². The van der Waals surface area contributed by atoms with Crippen LogP contribution >= 0.6 is 0 Å². The molecule has 0 radical (unpaired) electrons. The third-order valence-corrected chi connectivity index (χ3v) is 4.66. The molecule has 0 spiro atoms. The van der Waals surface area contributed by atoms with Crippen molar-refractivity contribution >= 4 is 15.9 Å². The van der Waals surface area contributed by atoms with Crippen LogP contribution in [0.5, 0.6) is 5.75 Å². The van der Waals surface area contributed by atoms with E-state index in [1.165, 1.54) is 32.4 Å². The van der Waals surface area contributed by atoms with Crippen LogP contribution in [0.25, 0.3) is 0 Å². The maximum Gasteiger partial charge on any atom is 0.254 e. The van der Waals surface area contributed by atoms with Crippen molar-refractivity contribution in [3.63, 3.8) is 0 Å². The first-order valence-corrected chi connectivity index (χ1v) is 8.40. The Hall–Kier alpha value is -2.38. The minimum absolute atomic E-state index is 0.00725. The molecular formula is C16H18N2O4S. The molecule has 122 valence electrons. The van der Waals surface area contributed by atoms with Gasteiger partial charge in [-0.3, -0.25) is 4.79 Å². The van der Waals surface area contributed by atoms with E-state index in [9.17, 15) is 13.2 Å². The largest absolute Gasteiger partial charge is 0.496 e. The highest BCUT2D eigenvalue weighted by Crippen LogP contribution is 2.22. The van der Waals surface area contributed by atoms with Crippen LogP contribution in [0, 0.1) is 0 Å². The molecule has 23 heavy (non-hydrogen) atoms. The molecule has 0 aliphatic rings. The molecule has 0 bridgehead atoms. The molecule has 0 unspecified atom stereocenters. The summed E-state index contributed by atoms with van der Waals surface area (Å²) in [6.45, 7) is 0.171. The molecule has 2 rings (SSSR count). The van der Waals surface area contributed by atoms with E-state index >= 15 is 0 Å². The van der Waals surface area contributed by atoms with Gasteiger partial charge in [0.15, 0.2) is 0 Å². The maximum absolute atomic E-state index is 12.4. The van der Waals surface area contributed by atoms with Gasteiger partial charge in [-0.2, -0.15) is 0 Å². The molecule has 2 aromatic rings. The second kappa shape index (κ2) is 7.26. The molecule has 2 aromatic carbocycles. The zero-order chi connectivity index (χ0) is 16.9. The molecule has 0 atom stereocenters. The molecule has 0 aliphatic carbocycles. The van der Waals surface area contributed by atoms with E-state index in [2.05, 4.69) is 10.0 Å². The van der Waals surface area contributed by atoms with Crippen LogP contribution in [0.4, 0.5) is 0 Å². The highest BCUT2D eigenvalue weighted by Gasteiger charge is 2.19. The number of hydrogen-bond acceptors (Lipinski definition) is 4. The average molecular weight is 334 g/mol. The summed E-state index contributed by atoms with van der Waals surface area (Å²) < 4.78 is 32.4. The van der Waals surface area contributed by atoms with Gasteiger partial charge in [-0.15, -0.1) is 0 Å². The van der Waals surface area contributed by atoms with Crippen molar-refractivity contribution in [3.8, 4) is 5.75 Å². The first-order chi connectivity index (χ1) is 11.0. The Bertz CT molecular complexity index is 789. The van der Waals surface area contributed by atoms with Gasteiger partial charge in [0, 0.05) is 13.6 Å². The maximum atomic E-state index is 12.4. The van der Waals surface area contributed by atoms with Crippen molar-refractivity contribution in [1.82, 2.24) is 10.0 Å². The molecule has 0 saturated carbocycles. The van der Waals surface area contributed by atoms with Crippen LogP contribution in [0.3, 0.4) is 0 Å². The van der Waals surface area contributed by atoms with Crippen LogP contribution in [0.15, 0.2) is 53.4 Å². The van der Waals surface area contributed by atoms with E-state index in [1.54, 1.807) is 0 Å². The fraction of sp³-hybridized carbons (Fsp3) is 0.188. The van der Waals surface area contributed by atoms with Crippen molar-refractivity contribution in [2.75, 3.05) is 14.2 Å². The standard InChI is InChI=1S/C16H18N2O4S/c1-17-16(19)14-10-13(8-9-15(14)22-2)23(20,21)18-11-12-6-4-3-5-7-12/h3-10,18H,11H2,1-2H3,(H,17,19). The molecular weight excluding hydrogens is 316 g/mol. The highest BCUT2D eigenvalue weighted by molar-refractivity contribution is 7.89. The van der Waals surface area contributed by atoms with E-state index in [0.717, 1.165) is 5.56 Å². The van der Waals surface area contributed by atoms with E-state index in [-0.39, 0.29) is 17.0 Å². The minimum atomic E-state index is -3.73. The summed E-state index contributed by atoms with van der Waals surface area (Å²) in [7, 11) is -0.844. The topological polar surface area (TPSA) is 84.5 Å². The van der Waals surface area contributed by atoms with Crippen LogP contribution in [-0.2, 0) is 16.6 Å². The number of hydrogen-bond donors (Lipinski definition) is 2. The van der Waals surface area contributed by atoms with E-state index in [1.807, 2.05) is 30.3 Å². The molecule has 6 nitrogen and oxygen atoms in total. The summed E-state index contributed by atoms with van der Waals surface area (Å²) in [6, 6.07) is 13.3. The Labute approximate surface area is 135 Å². The Morgan fingerprint density at radius 3 is 2.43 bits per heavy atom. The number of carbonyl (C=O) groups is 1. The number of methoxy groups -OCH3 is 1. The number of amides is 1. The fourth-order valence-electron chi connectivity index (χ4n) is 2.02. The highest BCUT2D eigenvalue weighted by atomic mass is 32.2. The molecule has 2 N–H and O–H groups in total. The Kier molecular flexibility index (Phi) is 5.36. The lowest BCUT2D eigenvalue weighted by Gasteiger charge is -2.11. The monoisotopic (exact) mass is 334 g/mol. The van der Waals surface area contributed by atoms with E-state index < -0.39 is 15.9 Å². The van der Waals surface area contributed by atoms with Crippen LogP contribution in [0.2, 0.25) is 0 Å². The van der Waals surface area contributed by atoms with Crippen molar-refractivity contribution < 1.29 is 17.9 Å². The van der Waals surface area contributed by atoms with Gasteiger partial charge < -0.3 is 10.1 Å². The zero-order valence-electron chi connectivity index (χ0n) is 12.9. The van der Waals surface area contributed by atoms with E-state index in [0.29, 0.717) is 5.75 Å². The average Bonchev–Trinajstić information content (AvgIpc) is 2.59. The summed E-state index contributed by atoms with van der Waals surface area (Å²) in [5, 5.41) is 2.46. The fourth-order valence-corrected chi connectivity index (χ4v) is 3.07. The van der Waals surface area contributed by atoms with Gasteiger partial charge in [0.2, 0.25) is 10.0 Å². The summed E-state index contributed by atoms with van der Waals surface area (Å²) in [4.78, 5) is 11.9. The van der Waals surface area contributed by atoms with Crippen LogP contribution in [-0.4, -0.2) is 28.5 Å². The first-order valence-electron chi connectivity index (χ1n) is 6.91. The van der Waals surface area contributed by atoms with Gasteiger partial charge in [0.25, 0.3) is 5.91 Å². The molecule has 0 saturated heterocycles. The predicted molar refractivity (Wildman–Crippen MR) is 86.9 cm³/mol. The van der Waals surface area contributed by atoms with Gasteiger partial charge in [-0.1, -0.05) is 30.3 Å². The summed E-state index contributed by atoms with van der Waals surface area (Å²) in [5.74, 6) is -0.103. The van der Waals surface area contributed by atoms with Crippen molar-refractivity contribution in [3.05, 3.63) is 59.7 Å². The van der Waals surface area contributed by atoms with Gasteiger partial charge in [0.1, 0.15) is 5.75 Å². The smallest absolute Gasteiger partial charge is 0.254 e. The zero-order valence-corrected chi connectivity index (χ0v) is 13.7. The van der Waals surface area contributed by atoms with Gasteiger partial charge in [0.05, 0.1) is 17.6 Å². The number of benzene rings is 2. The third kappa shape index (κ3) is 4.08. The molecule has 7 heteroatoms. The quantitative estimate of drug-likeness (QED) is 0.839. The summed E-state index contributed by atoms with van der Waals surface area (Å²) in [6.07, 6.45) is 0. The number of sulfonamides is 1. The Morgan fingerprint density at radius 1 is 1.13 bits per heavy atom. The normalized spacial score (nSPS) is 11.0. The lowest BCUT2D eigenvalue weighted by atomic mass is 10.2. The molecule has 0 aromatic heterocycles. The Balaban J connectivity index is 2.27. The van der Waals surface area contributed by atoms with Crippen molar-refractivity contribution in [1.29, 1.82) is 0 Å². The molecule has 0 heterocycles. The third-order valence-electron chi connectivity index (χ3n) is 3.26. The number of ether oxygens (including phenoxy) is 1. The molecule has 1 amide bonds. The van der Waals surface area contributed by atoms with Gasteiger partial charge in [-0.25, -0.2) is 13.1 Å². The second-order valence-corrected chi connectivity index (χ2v) is 6.52. The summed E-state index contributed by atoms with van der Waals surface area (Å²) >= 11 is 0. The van der Waals surface area contributed by atoms with Crippen LogP contribution in [0.1, 0.15) is 15.9 Å². The number of nitrogens with one attached hydrogen (secondary N) is 2. The lowest BCUT2D eigenvalue weighted by molar-refractivity contribution is 0.0960. The predicted octanol–water partition coefficient (Wildman–Crippen LogP) is 1.53. The SMILES string of the molecule is CNC(=O)c1cc(S(=O)(=O)NCc2ccccc2)ccc1OC. The Morgan fingerprint density at radius 2 is 1.83 bits per heavy atom. The van der Waals surface area contributed by atoms with Gasteiger partial charge in [-0.05, 0) is 23.8 Å². The minimum Gasteiger partial charge on any atom is -0.496 e. The molecule has 0 fully saturated rings. The van der Waals surface area contributed by atoms with Crippen molar-refractivity contribution in [2.45, 2.75) is 11.4 Å². The second-order valence-electron chi connectivity index (χ2n) is 4.75. The van der Waals surface area contributed by atoms with E-state index in [4.69, 9.17) is 4.74 Å². The number of carbonyl (C=O) groups excluding carboxylic acids is 1. The summed E-state index contributed by atoms with van der Waals surface area (Å²) in [5.41, 5.74) is 1.01. The number of rotatable bonds is 6. The lowest BCUT2D eigenvalue weighted by Crippen LogP contribution is -2.24. The van der Waals surface area contributed by atoms with Crippen molar-refractivity contribution in [2.24, 2.45) is 0 Å². The van der Waals surface area contributed by atoms with Gasteiger partial charge >= 0.3 is 0 Å². The molecule has 0 aliphatic heterocycles.